The van der Waals surface area contributed by atoms with Crippen molar-refractivity contribution in [2.75, 3.05) is 33.8 Å². The van der Waals surface area contributed by atoms with E-state index in [2.05, 4.69) is 5.32 Å². The molecular weight excluding hydrogens is 338 g/mol. The maximum atomic E-state index is 12.8. The summed E-state index contributed by atoms with van der Waals surface area (Å²) in [7, 11) is 3.97. The topological polar surface area (TPSA) is 54.5 Å². The van der Waals surface area contributed by atoms with E-state index < -0.39 is 0 Å². The number of aromatic nitrogens is 1. The smallest absolute Gasteiger partial charge is 0.252 e. The van der Waals surface area contributed by atoms with Gasteiger partial charge in [-0.15, -0.1) is 0 Å². The van der Waals surface area contributed by atoms with Crippen molar-refractivity contribution in [2.45, 2.75) is 6.92 Å². The number of hydrogen-bond donors (Lipinski definition) is 1. The monoisotopic (exact) mass is 363 g/mol. The Bertz CT molecular complexity index is 938. The number of hydrogen-bond acceptors (Lipinski definition) is 4. The minimum Gasteiger partial charge on any atom is -0.493 e. The predicted octanol–water partition coefficient (Wildman–Crippen LogP) is 3.59. The van der Waals surface area contributed by atoms with Crippen molar-refractivity contribution in [1.82, 2.24) is 15.2 Å². The summed E-state index contributed by atoms with van der Waals surface area (Å²) < 4.78 is 5.75. The third-order valence-corrected chi connectivity index (χ3v) is 4.27. The molecule has 0 spiro atoms. The highest BCUT2D eigenvalue weighted by molar-refractivity contribution is 6.07. The van der Waals surface area contributed by atoms with E-state index in [1.165, 1.54) is 0 Å². The number of carbonyl (C=O) groups is 1. The van der Waals surface area contributed by atoms with Gasteiger partial charge in [-0.3, -0.25) is 4.79 Å². The summed E-state index contributed by atoms with van der Waals surface area (Å²) in [5, 5.41) is 3.85. The summed E-state index contributed by atoms with van der Waals surface area (Å²) in [6, 6.07) is 17.3. The van der Waals surface area contributed by atoms with Crippen molar-refractivity contribution < 1.29 is 9.53 Å². The zero-order chi connectivity index (χ0) is 19.2. The predicted molar refractivity (Wildman–Crippen MR) is 109 cm³/mol. The number of rotatable bonds is 7. The molecular formula is C22H25N3O2. The van der Waals surface area contributed by atoms with Gasteiger partial charge >= 0.3 is 0 Å². The number of likely N-dealkylation sites (N-methyl/N-ethyl adjacent to an activating group) is 1. The first-order chi connectivity index (χ1) is 13.1. The molecule has 3 aromatic rings. The summed E-state index contributed by atoms with van der Waals surface area (Å²) in [5.41, 5.74) is 3.03. The molecule has 140 valence electrons. The Morgan fingerprint density at radius 1 is 1.11 bits per heavy atom. The first-order valence-electron chi connectivity index (χ1n) is 9.15. The van der Waals surface area contributed by atoms with Gasteiger partial charge in [-0.05, 0) is 45.3 Å². The molecule has 0 aliphatic carbocycles. The molecule has 0 saturated carbocycles. The standard InChI is InChI=1S/C22H25N3O2/c1-4-27-21-12-8-6-10-17(21)20-15-18(22(26)23-13-14-25(2)3)16-9-5-7-11-19(16)24-20/h5-12,15H,4,13-14H2,1-3H3,(H,23,26). The second-order valence-corrected chi connectivity index (χ2v) is 6.56. The van der Waals surface area contributed by atoms with Gasteiger partial charge in [0.2, 0.25) is 0 Å². The molecule has 0 aliphatic heterocycles. The molecule has 1 amide bonds. The van der Waals surface area contributed by atoms with E-state index in [4.69, 9.17) is 9.72 Å². The zero-order valence-corrected chi connectivity index (χ0v) is 16.0. The fourth-order valence-corrected chi connectivity index (χ4v) is 2.95. The maximum Gasteiger partial charge on any atom is 0.252 e. The highest BCUT2D eigenvalue weighted by Crippen LogP contribution is 2.31. The number of nitrogens with one attached hydrogen (secondary N) is 1. The van der Waals surface area contributed by atoms with Crippen LogP contribution in [0, 0.1) is 0 Å². The van der Waals surface area contributed by atoms with Crippen molar-refractivity contribution in [3.8, 4) is 17.0 Å². The van der Waals surface area contributed by atoms with E-state index >= 15 is 0 Å². The van der Waals surface area contributed by atoms with E-state index in [1.807, 2.05) is 80.5 Å². The summed E-state index contributed by atoms with van der Waals surface area (Å²) in [6.45, 7) is 3.90. The number of pyridine rings is 1. The zero-order valence-electron chi connectivity index (χ0n) is 16.0. The van der Waals surface area contributed by atoms with E-state index in [0.29, 0.717) is 18.7 Å². The van der Waals surface area contributed by atoms with Gasteiger partial charge in [0.05, 0.1) is 23.4 Å². The molecule has 1 heterocycles. The average molecular weight is 363 g/mol. The lowest BCUT2D eigenvalue weighted by atomic mass is 10.0. The van der Waals surface area contributed by atoms with Crippen LogP contribution in [0.1, 0.15) is 17.3 Å². The quantitative estimate of drug-likeness (QED) is 0.697. The molecule has 0 aliphatic rings. The first kappa shape index (κ1) is 18.9. The lowest BCUT2D eigenvalue weighted by Gasteiger charge is -2.14. The van der Waals surface area contributed by atoms with Gasteiger partial charge in [0.1, 0.15) is 5.75 Å². The molecule has 0 radical (unpaired) electrons. The van der Waals surface area contributed by atoms with Crippen LogP contribution in [0.5, 0.6) is 5.75 Å². The minimum atomic E-state index is -0.0920. The summed E-state index contributed by atoms with van der Waals surface area (Å²) >= 11 is 0. The summed E-state index contributed by atoms with van der Waals surface area (Å²) in [5.74, 6) is 0.673. The second kappa shape index (κ2) is 8.64. The van der Waals surface area contributed by atoms with Crippen molar-refractivity contribution in [1.29, 1.82) is 0 Å². The van der Waals surface area contributed by atoms with Gasteiger partial charge in [-0.25, -0.2) is 4.98 Å². The van der Waals surface area contributed by atoms with E-state index in [9.17, 15) is 4.79 Å². The van der Waals surface area contributed by atoms with Crippen molar-refractivity contribution in [3.63, 3.8) is 0 Å². The molecule has 2 aromatic carbocycles. The van der Waals surface area contributed by atoms with Crippen LogP contribution in [0.25, 0.3) is 22.2 Å². The van der Waals surface area contributed by atoms with Crippen LogP contribution < -0.4 is 10.1 Å². The van der Waals surface area contributed by atoms with Gasteiger partial charge in [0.15, 0.2) is 0 Å². The number of fused-ring (bicyclic) bond motifs is 1. The fourth-order valence-electron chi connectivity index (χ4n) is 2.95. The molecule has 27 heavy (non-hydrogen) atoms. The number of nitrogens with zero attached hydrogens (tertiary/aromatic N) is 2. The van der Waals surface area contributed by atoms with Gasteiger partial charge in [0, 0.05) is 24.0 Å². The Morgan fingerprint density at radius 2 is 1.85 bits per heavy atom. The van der Waals surface area contributed by atoms with Crippen molar-refractivity contribution >= 4 is 16.8 Å². The molecule has 1 aromatic heterocycles. The number of benzene rings is 2. The van der Waals surface area contributed by atoms with Crippen LogP contribution >= 0.6 is 0 Å². The Labute approximate surface area is 160 Å². The third kappa shape index (κ3) is 4.44. The Hall–Kier alpha value is -2.92. The van der Waals surface area contributed by atoms with Crippen LogP contribution in [-0.4, -0.2) is 49.6 Å². The molecule has 5 heteroatoms. The van der Waals surface area contributed by atoms with E-state index in [-0.39, 0.29) is 5.91 Å². The molecule has 0 saturated heterocycles. The minimum absolute atomic E-state index is 0.0920. The van der Waals surface area contributed by atoms with E-state index in [0.717, 1.165) is 34.5 Å². The summed E-state index contributed by atoms with van der Waals surface area (Å²) in [6.07, 6.45) is 0. The molecule has 5 nitrogen and oxygen atoms in total. The lowest BCUT2D eigenvalue weighted by Crippen LogP contribution is -2.31. The molecule has 0 fully saturated rings. The Morgan fingerprint density at radius 3 is 2.63 bits per heavy atom. The SMILES string of the molecule is CCOc1ccccc1-c1cc(C(=O)NCCN(C)C)c2ccccc2n1. The second-order valence-electron chi connectivity index (χ2n) is 6.56. The number of ether oxygens (including phenoxy) is 1. The normalized spacial score (nSPS) is 11.0. The number of para-hydroxylation sites is 2. The fraction of sp³-hybridized carbons (Fsp3) is 0.273. The Balaban J connectivity index is 2.05. The van der Waals surface area contributed by atoms with Gasteiger partial charge in [0.25, 0.3) is 5.91 Å². The average Bonchev–Trinajstić information content (AvgIpc) is 2.67. The van der Waals surface area contributed by atoms with Crippen molar-refractivity contribution in [3.05, 3.63) is 60.2 Å². The van der Waals surface area contributed by atoms with Crippen LogP contribution in [0.4, 0.5) is 0 Å². The molecule has 1 N–H and O–H groups in total. The highest BCUT2D eigenvalue weighted by Gasteiger charge is 2.15. The van der Waals surface area contributed by atoms with Crippen molar-refractivity contribution in [2.24, 2.45) is 0 Å². The third-order valence-electron chi connectivity index (χ3n) is 4.27. The van der Waals surface area contributed by atoms with Crippen LogP contribution in [0.2, 0.25) is 0 Å². The largest absolute Gasteiger partial charge is 0.493 e. The lowest BCUT2D eigenvalue weighted by molar-refractivity contribution is 0.0952. The van der Waals surface area contributed by atoms with E-state index in [1.54, 1.807) is 0 Å². The highest BCUT2D eigenvalue weighted by atomic mass is 16.5. The number of carbonyl (C=O) groups excluding carboxylic acids is 1. The Kier molecular flexibility index (Phi) is 6.04. The van der Waals surface area contributed by atoms with Gasteiger partial charge < -0.3 is 15.0 Å². The van der Waals surface area contributed by atoms with Gasteiger partial charge in [-0.2, -0.15) is 0 Å². The molecule has 0 bridgehead atoms. The summed E-state index contributed by atoms with van der Waals surface area (Å²) in [4.78, 5) is 19.7. The molecule has 3 rings (SSSR count). The maximum absolute atomic E-state index is 12.8. The number of amides is 1. The molecule has 0 atom stereocenters. The van der Waals surface area contributed by atoms with Crippen LogP contribution in [0.15, 0.2) is 54.6 Å². The van der Waals surface area contributed by atoms with Crippen LogP contribution in [-0.2, 0) is 0 Å². The van der Waals surface area contributed by atoms with Crippen LogP contribution in [0.3, 0.4) is 0 Å². The first-order valence-corrected chi connectivity index (χ1v) is 9.15. The molecule has 0 unspecified atom stereocenters. The van der Waals surface area contributed by atoms with Gasteiger partial charge in [-0.1, -0.05) is 30.3 Å².